The number of pyridine rings is 1. The Kier molecular flexibility index (Phi) is 3.84. The van der Waals surface area contributed by atoms with Crippen molar-refractivity contribution >= 4 is 66.6 Å². The molecule has 4 aromatic rings. The van der Waals surface area contributed by atoms with Crippen molar-refractivity contribution < 1.29 is 4.79 Å². The van der Waals surface area contributed by atoms with Gasteiger partial charge in [-0.15, -0.1) is 0 Å². The maximum atomic E-state index is 12.4. The third-order valence-corrected chi connectivity index (χ3v) is 5.00. The molecule has 1 N–H and O–H groups in total. The molecule has 0 aliphatic carbocycles. The molecule has 0 atom stereocenters. The summed E-state index contributed by atoms with van der Waals surface area (Å²) in [6.07, 6.45) is 0. The van der Waals surface area contributed by atoms with Crippen LogP contribution in [0.25, 0.3) is 21.0 Å². The number of halogens is 2. The van der Waals surface area contributed by atoms with Gasteiger partial charge < -0.3 is 0 Å². The molecule has 4 rings (SSSR count). The highest BCUT2D eigenvalue weighted by Crippen LogP contribution is 2.32. The molecule has 0 aliphatic heterocycles. The van der Waals surface area contributed by atoms with Crippen LogP contribution >= 0.6 is 34.5 Å². The zero-order chi connectivity index (χ0) is 16.7. The molecule has 0 saturated heterocycles. The minimum atomic E-state index is -0.368. The van der Waals surface area contributed by atoms with Crippen molar-refractivity contribution in [1.82, 2.24) is 9.97 Å². The van der Waals surface area contributed by atoms with Crippen LogP contribution in [0.1, 0.15) is 10.4 Å². The second-order valence-corrected chi connectivity index (χ2v) is 6.85. The third-order valence-electron chi connectivity index (χ3n) is 3.56. The number of amides is 1. The number of nitrogens with one attached hydrogen (secondary N) is 1. The summed E-state index contributed by atoms with van der Waals surface area (Å²) in [7, 11) is 0. The van der Waals surface area contributed by atoms with Crippen LogP contribution in [0, 0.1) is 0 Å². The van der Waals surface area contributed by atoms with Crippen LogP contribution in [0.15, 0.2) is 48.5 Å². The van der Waals surface area contributed by atoms with E-state index in [4.69, 9.17) is 23.2 Å². The first-order chi connectivity index (χ1) is 11.6. The van der Waals surface area contributed by atoms with E-state index in [-0.39, 0.29) is 21.8 Å². The second-order valence-electron chi connectivity index (χ2n) is 5.08. The molecule has 2 aromatic carbocycles. The molecule has 2 aromatic heterocycles. The van der Waals surface area contributed by atoms with Gasteiger partial charge in [0, 0.05) is 5.39 Å². The SMILES string of the molecule is O=C(Nc1nc2c(ccc3ccccc32)s1)c1ccc(Cl)nc1Cl. The Morgan fingerprint density at radius 1 is 1.00 bits per heavy atom. The van der Waals surface area contributed by atoms with E-state index in [0.29, 0.717) is 5.13 Å². The van der Waals surface area contributed by atoms with Gasteiger partial charge in [0.05, 0.1) is 15.8 Å². The summed E-state index contributed by atoms with van der Waals surface area (Å²) in [6, 6.07) is 15.1. The van der Waals surface area contributed by atoms with E-state index < -0.39 is 0 Å². The summed E-state index contributed by atoms with van der Waals surface area (Å²) in [5, 5.41) is 5.75. The Morgan fingerprint density at radius 2 is 1.83 bits per heavy atom. The van der Waals surface area contributed by atoms with Crippen LogP contribution in [0.3, 0.4) is 0 Å². The number of carbonyl (C=O) groups excluding carboxylic acids is 1. The lowest BCUT2D eigenvalue weighted by Crippen LogP contribution is -2.12. The summed E-state index contributed by atoms with van der Waals surface area (Å²) >= 11 is 13.1. The molecule has 0 aliphatic rings. The van der Waals surface area contributed by atoms with Gasteiger partial charge in [-0.1, -0.05) is 64.9 Å². The highest BCUT2D eigenvalue weighted by Gasteiger charge is 2.15. The maximum Gasteiger partial charge on any atom is 0.260 e. The van der Waals surface area contributed by atoms with E-state index in [1.54, 1.807) is 0 Å². The number of benzene rings is 2. The monoisotopic (exact) mass is 373 g/mol. The number of aromatic nitrogens is 2. The standard InChI is InChI=1S/C17H9Cl2N3OS/c18-13-8-6-11(15(19)20-13)16(23)22-17-21-14-10-4-2-1-3-9(10)5-7-12(14)24-17/h1-8H,(H,21,22,23). The van der Waals surface area contributed by atoms with Crippen molar-refractivity contribution in [1.29, 1.82) is 0 Å². The molecule has 0 unspecified atom stereocenters. The Balaban J connectivity index is 1.72. The van der Waals surface area contributed by atoms with Gasteiger partial charge in [-0.2, -0.15) is 0 Å². The summed E-state index contributed by atoms with van der Waals surface area (Å²) < 4.78 is 1.00. The lowest BCUT2D eigenvalue weighted by molar-refractivity contribution is 0.102. The van der Waals surface area contributed by atoms with Gasteiger partial charge >= 0.3 is 0 Å². The molecule has 2 heterocycles. The van der Waals surface area contributed by atoms with Crippen molar-refractivity contribution in [3.8, 4) is 0 Å². The van der Waals surface area contributed by atoms with Crippen LogP contribution in [0.2, 0.25) is 10.3 Å². The van der Waals surface area contributed by atoms with Crippen molar-refractivity contribution in [2.75, 3.05) is 5.32 Å². The zero-order valence-corrected chi connectivity index (χ0v) is 14.4. The van der Waals surface area contributed by atoms with Gasteiger partial charge in [0.25, 0.3) is 5.91 Å². The van der Waals surface area contributed by atoms with E-state index >= 15 is 0 Å². The molecular formula is C17H9Cl2N3OS. The van der Waals surface area contributed by atoms with E-state index in [0.717, 1.165) is 21.0 Å². The molecule has 0 bridgehead atoms. The Bertz CT molecular complexity index is 1090. The minimum Gasteiger partial charge on any atom is -0.298 e. The third kappa shape index (κ3) is 2.71. The molecule has 0 saturated carbocycles. The first-order valence-electron chi connectivity index (χ1n) is 7.03. The predicted octanol–water partition coefficient (Wildman–Crippen LogP) is 5.40. The fourth-order valence-corrected chi connectivity index (χ4v) is 3.77. The van der Waals surface area contributed by atoms with E-state index in [2.05, 4.69) is 15.3 Å². The number of rotatable bonds is 2. The quantitative estimate of drug-likeness (QED) is 0.478. The van der Waals surface area contributed by atoms with Crippen molar-refractivity contribution in [3.05, 3.63) is 64.4 Å². The molecule has 7 heteroatoms. The van der Waals surface area contributed by atoms with Crippen molar-refractivity contribution in [2.24, 2.45) is 0 Å². The fraction of sp³-hybridized carbons (Fsp3) is 0. The van der Waals surface area contributed by atoms with Gasteiger partial charge in [0.15, 0.2) is 5.13 Å². The Labute approximate surface area is 151 Å². The van der Waals surface area contributed by atoms with E-state index in [1.165, 1.54) is 23.5 Å². The second kappa shape index (κ2) is 6.02. The molecule has 24 heavy (non-hydrogen) atoms. The van der Waals surface area contributed by atoms with Crippen LogP contribution < -0.4 is 5.32 Å². The van der Waals surface area contributed by atoms with Crippen molar-refractivity contribution in [3.63, 3.8) is 0 Å². The predicted molar refractivity (Wildman–Crippen MR) is 99.3 cm³/mol. The lowest BCUT2D eigenvalue weighted by atomic mass is 10.1. The molecule has 1 amide bonds. The normalized spacial score (nSPS) is 11.1. The lowest BCUT2D eigenvalue weighted by Gasteiger charge is -2.03. The highest BCUT2D eigenvalue weighted by atomic mass is 35.5. The smallest absolute Gasteiger partial charge is 0.260 e. The van der Waals surface area contributed by atoms with Crippen molar-refractivity contribution in [2.45, 2.75) is 0 Å². The fourth-order valence-electron chi connectivity index (χ4n) is 2.46. The topological polar surface area (TPSA) is 54.9 Å². The molecule has 0 radical (unpaired) electrons. The average Bonchev–Trinajstić information content (AvgIpc) is 2.97. The van der Waals surface area contributed by atoms with E-state index in [1.807, 2.05) is 36.4 Å². The number of carbonyl (C=O) groups is 1. The zero-order valence-electron chi connectivity index (χ0n) is 12.1. The van der Waals surface area contributed by atoms with Crippen LogP contribution in [0.4, 0.5) is 5.13 Å². The molecule has 0 fully saturated rings. The van der Waals surface area contributed by atoms with Crippen LogP contribution in [-0.4, -0.2) is 15.9 Å². The number of hydrogen-bond acceptors (Lipinski definition) is 4. The summed E-state index contributed by atoms with van der Waals surface area (Å²) in [4.78, 5) is 20.8. The van der Waals surface area contributed by atoms with Gasteiger partial charge in [0.2, 0.25) is 0 Å². The van der Waals surface area contributed by atoms with Gasteiger partial charge in [0.1, 0.15) is 10.3 Å². The van der Waals surface area contributed by atoms with Gasteiger partial charge in [-0.25, -0.2) is 9.97 Å². The molecule has 4 nitrogen and oxygen atoms in total. The minimum absolute atomic E-state index is 0.0616. The van der Waals surface area contributed by atoms with E-state index in [9.17, 15) is 4.79 Å². The summed E-state index contributed by atoms with van der Waals surface area (Å²) in [5.41, 5.74) is 1.12. The highest BCUT2D eigenvalue weighted by molar-refractivity contribution is 7.22. The summed E-state index contributed by atoms with van der Waals surface area (Å²) in [6.45, 7) is 0. The maximum absolute atomic E-state index is 12.4. The van der Waals surface area contributed by atoms with Gasteiger partial charge in [-0.05, 0) is 23.6 Å². The largest absolute Gasteiger partial charge is 0.298 e. The Morgan fingerprint density at radius 3 is 2.67 bits per heavy atom. The molecule has 0 spiro atoms. The number of anilines is 1. The number of hydrogen-bond donors (Lipinski definition) is 1. The first-order valence-corrected chi connectivity index (χ1v) is 8.61. The number of nitrogens with zero attached hydrogens (tertiary/aromatic N) is 2. The Hall–Kier alpha value is -2.21. The van der Waals surface area contributed by atoms with Gasteiger partial charge in [-0.3, -0.25) is 10.1 Å². The number of fused-ring (bicyclic) bond motifs is 3. The summed E-state index contributed by atoms with van der Waals surface area (Å²) in [5.74, 6) is -0.368. The van der Waals surface area contributed by atoms with Crippen LogP contribution in [0.5, 0.6) is 0 Å². The average molecular weight is 374 g/mol. The molecule has 118 valence electrons. The molecular weight excluding hydrogens is 365 g/mol. The van der Waals surface area contributed by atoms with Crippen LogP contribution in [-0.2, 0) is 0 Å². The first kappa shape index (κ1) is 15.3. The number of thiazole rings is 1.